The van der Waals surface area contributed by atoms with Gasteiger partial charge >= 0.3 is 18.2 Å². The van der Waals surface area contributed by atoms with E-state index >= 15 is 0 Å². The van der Waals surface area contributed by atoms with Crippen molar-refractivity contribution in [3.63, 3.8) is 0 Å². The Hall–Kier alpha value is -2.72. The minimum atomic E-state index is -3.57. The van der Waals surface area contributed by atoms with Crippen LogP contribution in [0.5, 0.6) is 0 Å². The maximum atomic E-state index is 14.8. The standard InChI is InChI=1S/C36H55N2O8PS/c1-11-43-47(42)23-22-37(25-27-17-12-13-18-28(27)29-19-16-24-48-29)26-36(47,30(39)44-33(2,3)4)20-14-15-21-38(31(40)45-34(5,6)7)32(41)46-35(8,9)10/h12-13,16-19,24H,11,14-15,20-23,25-26H2,1-10H3/t36-,47?/m0/s1. The molecule has 0 aliphatic carbocycles. The molecule has 0 bridgehead atoms. The fraction of sp³-hybridized carbons (Fsp3) is 0.639. The second kappa shape index (κ2) is 15.9. The zero-order chi connectivity index (χ0) is 36.0. The van der Waals surface area contributed by atoms with Crippen LogP contribution in [-0.4, -0.2) is 82.3 Å². The van der Waals surface area contributed by atoms with Crippen LogP contribution in [0.3, 0.4) is 0 Å². The van der Waals surface area contributed by atoms with E-state index in [4.69, 9.17) is 18.7 Å². The Kier molecular flexibility index (Phi) is 13.1. The first kappa shape index (κ1) is 39.7. The average Bonchev–Trinajstić information content (AvgIpc) is 3.47. The Morgan fingerprint density at radius 2 is 1.48 bits per heavy atom. The summed E-state index contributed by atoms with van der Waals surface area (Å²) in [5.74, 6) is -0.556. The largest absolute Gasteiger partial charge is 0.459 e. The number of hydrogen-bond donors (Lipinski definition) is 0. The molecule has 0 radical (unpaired) electrons. The minimum Gasteiger partial charge on any atom is -0.459 e. The first-order chi connectivity index (χ1) is 22.2. The monoisotopic (exact) mass is 706 g/mol. The van der Waals surface area contributed by atoms with Crippen molar-refractivity contribution < 1.29 is 37.7 Å². The topological polar surface area (TPSA) is 112 Å². The van der Waals surface area contributed by atoms with Crippen LogP contribution in [0.25, 0.3) is 10.4 Å². The van der Waals surface area contributed by atoms with E-state index in [-0.39, 0.29) is 32.3 Å². The number of rotatable bonds is 11. The molecule has 1 saturated heterocycles. The van der Waals surface area contributed by atoms with E-state index in [0.29, 0.717) is 25.9 Å². The number of unbranched alkanes of at least 4 members (excludes halogenated alkanes) is 1. The van der Waals surface area contributed by atoms with Gasteiger partial charge in [0.15, 0.2) is 5.16 Å². The van der Waals surface area contributed by atoms with Crippen molar-refractivity contribution >= 4 is 36.9 Å². The predicted octanol–water partition coefficient (Wildman–Crippen LogP) is 8.97. The molecule has 1 aliphatic rings. The van der Waals surface area contributed by atoms with Crippen molar-refractivity contribution in [3.8, 4) is 10.4 Å². The predicted molar refractivity (Wildman–Crippen MR) is 191 cm³/mol. The van der Waals surface area contributed by atoms with Crippen molar-refractivity contribution in [3.05, 3.63) is 47.3 Å². The highest BCUT2D eigenvalue weighted by atomic mass is 32.1. The lowest BCUT2D eigenvalue weighted by Gasteiger charge is -2.46. The summed E-state index contributed by atoms with van der Waals surface area (Å²) in [6.45, 7) is 18.9. The molecular weight excluding hydrogens is 651 g/mol. The number of nitrogens with zero attached hydrogens (tertiary/aromatic N) is 2. The highest BCUT2D eigenvalue weighted by molar-refractivity contribution is 7.62. The summed E-state index contributed by atoms with van der Waals surface area (Å²) in [4.78, 5) is 44.7. The second-order valence-corrected chi connectivity index (χ2v) is 19.1. The number of thiophene rings is 1. The Morgan fingerprint density at radius 1 is 0.875 bits per heavy atom. The summed E-state index contributed by atoms with van der Waals surface area (Å²) >= 11 is 1.67. The molecule has 0 saturated carbocycles. The molecule has 1 aromatic carbocycles. The van der Waals surface area contributed by atoms with Gasteiger partial charge in [0, 0.05) is 37.2 Å². The summed E-state index contributed by atoms with van der Waals surface area (Å²) in [6, 6.07) is 12.3. The maximum Gasteiger partial charge on any atom is 0.419 e. The zero-order valence-electron chi connectivity index (χ0n) is 30.4. The number of hydrogen-bond acceptors (Lipinski definition) is 10. The van der Waals surface area contributed by atoms with Crippen LogP contribution in [0.1, 0.15) is 94.1 Å². The van der Waals surface area contributed by atoms with Crippen LogP contribution < -0.4 is 0 Å². The zero-order valence-corrected chi connectivity index (χ0v) is 32.1. The molecule has 1 fully saturated rings. The smallest absolute Gasteiger partial charge is 0.419 e. The number of imide groups is 1. The lowest BCUT2D eigenvalue weighted by atomic mass is 9.98. The SMILES string of the molecule is CCOP1(=O)CCN(Cc2ccccc2-c2cccs2)C[C@@]1(CCCCN(C(=O)OC(C)(C)C)C(=O)OC(C)(C)C)C(=O)OC(C)(C)C. The van der Waals surface area contributed by atoms with Crippen LogP contribution >= 0.6 is 18.7 Å². The Bertz CT molecular complexity index is 1410. The van der Waals surface area contributed by atoms with Gasteiger partial charge < -0.3 is 18.7 Å². The van der Waals surface area contributed by atoms with Gasteiger partial charge in [-0.25, -0.2) is 14.5 Å². The molecule has 12 heteroatoms. The van der Waals surface area contributed by atoms with Crippen molar-refractivity contribution in [2.45, 2.75) is 117 Å². The summed E-state index contributed by atoms with van der Waals surface area (Å²) in [5.41, 5.74) is -0.236. The van der Waals surface area contributed by atoms with Crippen LogP contribution in [0.2, 0.25) is 0 Å². The Labute approximate surface area is 290 Å². The molecular formula is C36H55N2O8PS. The highest BCUT2D eigenvalue weighted by Gasteiger charge is 2.59. The van der Waals surface area contributed by atoms with Gasteiger partial charge in [0.05, 0.1) is 6.61 Å². The lowest BCUT2D eigenvalue weighted by Crippen LogP contribution is -2.56. The van der Waals surface area contributed by atoms with Gasteiger partial charge in [-0.05, 0) is 111 Å². The lowest BCUT2D eigenvalue weighted by molar-refractivity contribution is -0.160. The molecule has 1 unspecified atom stereocenters. The van der Waals surface area contributed by atoms with E-state index in [2.05, 4.69) is 23.1 Å². The molecule has 48 heavy (non-hydrogen) atoms. The number of benzene rings is 1. The van der Waals surface area contributed by atoms with Crippen LogP contribution in [0.4, 0.5) is 9.59 Å². The van der Waals surface area contributed by atoms with E-state index in [1.807, 2.05) is 23.6 Å². The van der Waals surface area contributed by atoms with E-state index in [0.717, 1.165) is 20.9 Å². The van der Waals surface area contributed by atoms with Gasteiger partial charge in [0.1, 0.15) is 16.8 Å². The van der Waals surface area contributed by atoms with Crippen LogP contribution in [-0.2, 0) is 34.6 Å². The van der Waals surface area contributed by atoms with Crippen molar-refractivity contribution in [2.24, 2.45) is 0 Å². The average molecular weight is 707 g/mol. The van der Waals surface area contributed by atoms with Gasteiger partial charge in [0.2, 0.25) is 7.37 Å². The third-order valence-corrected chi connectivity index (χ3v) is 11.8. The van der Waals surface area contributed by atoms with Crippen LogP contribution in [0.15, 0.2) is 41.8 Å². The molecule has 1 aliphatic heterocycles. The van der Waals surface area contributed by atoms with E-state index < -0.39 is 47.5 Å². The number of carbonyl (C=O) groups excluding carboxylic acids is 3. The van der Waals surface area contributed by atoms with Crippen molar-refractivity contribution in [1.29, 1.82) is 0 Å². The molecule has 2 heterocycles. The molecule has 268 valence electrons. The van der Waals surface area contributed by atoms with Gasteiger partial charge in [-0.3, -0.25) is 14.3 Å². The van der Waals surface area contributed by atoms with Gasteiger partial charge in [-0.15, -0.1) is 11.3 Å². The number of ether oxygens (including phenoxy) is 3. The van der Waals surface area contributed by atoms with E-state index in [1.54, 1.807) is 80.6 Å². The fourth-order valence-electron chi connectivity index (χ4n) is 5.65. The highest BCUT2D eigenvalue weighted by Crippen LogP contribution is 2.64. The van der Waals surface area contributed by atoms with Gasteiger partial charge in [0.25, 0.3) is 0 Å². The molecule has 2 aromatic rings. The first-order valence-electron chi connectivity index (χ1n) is 16.7. The maximum absolute atomic E-state index is 14.8. The van der Waals surface area contributed by atoms with Crippen molar-refractivity contribution in [2.75, 3.05) is 32.4 Å². The Morgan fingerprint density at radius 3 is 2.02 bits per heavy atom. The normalized spacial score (nSPS) is 20.6. The molecule has 2 amide bonds. The third-order valence-electron chi connectivity index (χ3n) is 7.61. The summed E-state index contributed by atoms with van der Waals surface area (Å²) in [7, 11) is -3.57. The molecule has 0 spiro atoms. The first-order valence-corrected chi connectivity index (χ1v) is 19.4. The van der Waals surface area contributed by atoms with E-state index in [1.165, 1.54) is 0 Å². The molecule has 10 nitrogen and oxygen atoms in total. The molecule has 3 rings (SSSR count). The molecule has 2 atom stereocenters. The number of carbonyl (C=O) groups is 3. The summed E-state index contributed by atoms with van der Waals surface area (Å²) in [6.07, 6.45) is -0.574. The van der Waals surface area contributed by atoms with Gasteiger partial charge in [-0.2, -0.15) is 0 Å². The number of amides is 2. The second-order valence-electron chi connectivity index (χ2n) is 15.3. The quantitative estimate of drug-likeness (QED) is 0.0978. The fourth-order valence-corrected chi connectivity index (χ4v) is 9.45. The number of esters is 1. The molecule has 1 aromatic heterocycles. The van der Waals surface area contributed by atoms with Crippen molar-refractivity contribution in [1.82, 2.24) is 9.80 Å². The van der Waals surface area contributed by atoms with E-state index in [9.17, 15) is 18.9 Å². The summed E-state index contributed by atoms with van der Waals surface area (Å²) < 4.78 is 37.9. The Balaban J connectivity index is 1.92. The summed E-state index contributed by atoms with van der Waals surface area (Å²) in [5, 5.41) is 0.598. The third kappa shape index (κ3) is 10.9. The minimum absolute atomic E-state index is 0.00886. The van der Waals surface area contributed by atoms with Gasteiger partial charge in [-0.1, -0.05) is 30.3 Å². The molecule has 0 N–H and O–H groups in total. The van der Waals surface area contributed by atoms with Crippen LogP contribution in [0, 0.1) is 0 Å².